The number of hydrogen-bond acceptors (Lipinski definition) is 4. The largest absolute Gasteiger partial charge is 0.389 e. The van der Waals surface area contributed by atoms with Crippen LogP contribution in [0, 0.1) is 6.92 Å². The predicted molar refractivity (Wildman–Crippen MR) is 78.5 cm³/mol. The van der Waals surface area contributed by atoms with Gasteiger partial charge >= 0.3 is 0 Å². The number of benzene rings is 1. The number of aromatic nitrogens is 2. The fourth-order valence-corrected chi connectivity index (χ4v) is 2.26. The molecule has 0 saturated heterocycles. The molecule has 102 valence electrons. The molecule has 0 aliphatic rings. The Morgan fingerprint density at radius 2 is 1.79 bits per heavy atom. The topological polar surface area (TPSA) is 49.2 Å². The zero-order valence-corrected chi connectivity index (χ0v) is 12.0. The number of nitrogens with zero attached hydrogens (tertiary/aromatic N) is 3. The van der Waals surface area contributed by atoms with Crippen LogP contribution >= 0.6 is 0 Å². The first-order valence-corrected chi connectivity index (χ1v) is 6.61. The summed E-state index contributed by atoms with van der Waals surface area (Å²) in [6.07, 6.45) is 0. The van der Waals surface area contributed by atoms with Crippen molar-refractivity contribution in [2.45, 2.75) is 33.3 Å². The van der Waals surface area contributed by atoms with Crippen LogP contribution < -0.4 is 4.90 Å². The van der Waals surface area contributed by atoms with Crippen LogP contribution in [0.5, 0.6) is 0 Å². The summed E-state index contributed by atoms with van der Waals surface area (Å²) in [7, 11) is 0. The molecule has 2 rings (SSSR count). The summed E-state index contributed by atoms with van der Waals surface area (Å²) < 4.78 is 0. The molecule has 0 fully saturated rings. The molecular weight excluding hydrogens is 238 g/mol. The molecule has 0 aliphatic carbocycles. The van der Waals surface area contributed by atoms with Crippen LogP contribution in [0.25, 0.3) is 10.8 Å². The molecule has 1 aromatic heterocycles. The van der Waals surface area contributed by atoms with E-state index in [2.05, 4.69) is 34.2 Å². The van der Waals surface area contributed by atoms with Gasteiger partial charge in [-0.15, -0.1) is 5.10 Å². The first kappa shape index (κ1) is 13.7. The molecule has 0 unspecified atom stereocenters. The van der Waals surface area contributed by atoms with Crippen LogP contribution in [-0.2, 0) is 0 Å². The summed E-state index contributed by atoms with van der Waals surface area (Å²) in [6.45, 7) is 8.95. The third-order valence-corrected chi connectivity index (χ3v) is 3.11. The highest BCUT2D eigenvalue weighted by Crippen LogP contribution is 2.26. The number of fused-ring (bicyclic) bond motifs is 1. The summed E-state index contributed by atoms with van der Waals surface area (Å²) in [5.74, 6) is 0.839. The van der Waals surface area contributed by atoms with E-state index in [1.807, 2.05) is 19.1 Å². The Bertz CT molecular complexity index is 575. The van der Waals surface area contributed by atoms with Crippen molar-refractivity contribution in [3.05, 3.63) is 30.0 Å². The fourth-order valence-electron chi connectivity index (χ4n) is 2.26. The van der Waals surface area contributed by atoms with Crippen molar-refractivity contribution in [1.82, 2.24) is 10.2 Å². The Morgan fingerprint density at radius 1 is 1.16 bits per heavy atom. The molecule has 19 heavy (non-hydrogen) atoms. The van der Waals surface area contributed by atoms with Crippen LogP contribution in [0.1, 0.15) is 26.5 Å². The summed E-state index contributed by atoms with van der Waals surface area (Å²) in [5.41, 5.74) is 0.169. The minimum Gasteiger partial charge on any atom is -0.389 e. The molecule has 4 heteroatoms. The molecule has 0 amide bonds. The van der Waals surface area contributed by atoms with Gasteiger partial charge in [0.15, 0.2) is 5.82 Å². The average Bonchev–Trinajstić information content (AvgIpc) is 2.36. The summed E-state index contributed by atoms with van der Waals surface area (Å²) >= 11 is 0. The number of likely N-dealkylation sites (N-methyl/N-ethyl adjacent to an activating group) is 1. The molecule has 0 radical (unpaired) electrons. The number of hydrogen-bond donors (Lipinski definition) is 1. The Labute approximate surface area is 114 Å². The molecule has 0 saturated carbocycles. The first-order chi connectivity index (χ1) is 8.92. The van der Waals surface area contributed by atoms with Gasteiger partial charge in [-0.05, 0) is 27.7 Å². The Hall–Kier alpha value is -1.68. The van der Waals surface area contributed by atoms with Gasteiger partial charge in [0.2, 0.25) is 0 Å². The van der Waals surface area contributed by atoms with Gasteiger partial charge in [0.05, 0.1) is 11.3 Å². The number of rotatable bonds is 4. The van der Waals surface area contributed by atoms with Crippen LogP contribution in [0.4, 0.5) is 5.82 Å². The minimum absolute atomic E-state index is 0.533. The third kappa shape index (κ3) is 3.01. The maximum absolute atomic E-state index is 10.0. The van der Waals surface area contributed by atoms with Gasteiger partial charge < -0.3 is 10.0 Å². The van der Waals surface area contributed by atoms with E-state index >= 15 is 0 Å². The second-order valence-electron chi connectivity index (χ2n) is 5.48. The SMILES string of the molecule is CCN(CC(C)(C)O)c1nnc(C)c2ccccc12. The zero-order chi connectivity index (χ0) is 14.0. The minimum atomic E-state index is -0.760. The van der Waals surface area contributed by atoms with Crippen molar-refractivity contribution in [1.29, 1.82) is 0 Å². The Morgan fingerprint density at radius 3 is 2.37 bits per heavy atom. The molecule has 1 N–H and O–H groups in total. The highest BCUT2D eigenvalue weighted by Gasteiger charge is 2.20. The van der Waals surface area contributed by atoms with Crippen LogP contribution in [0.3, 0.4) is 0 Å². The highest BCUT2D eigenvalue weighted by molar-refractivity contribution is 5.93. The molecule has 2 aromatic rings. The predicted octanol–water partition coefficient (Wildman–Crippen LogP) is 2.54. The smallest absolute Gasteiger partial charge is 0.159 e. The van der Waals surface area contributed by atoms with E-state index in [0.717, 1.165) is 28.8 Å². The molecular formula is C15H21N3O. The van der Waals surface area contributed by atoms with Crippen molar-refractivity contribution in [2.24, 2.45) is 0 Å². The van der Waals surface area contributed by atoms with E-state index in [0.29, 0.717) is 6.54 Å². The lowest BCUT2D eigenvalue weighted by Gasteiger charge is -2.29. The standard InChI is InChI=1S/C15H21N3O/c1-5-18(10-15(3,4)19)14-13-9-7-6-8-12(13)11(2)16-17-14/h6-9,19H,5,10H2,1-4H3. The first-order valence-electron chi connectivity index (χ1n) is 6.61. The van der Waals surface area contributed by atoms with E-state index in [1.165, 1.54) is 0 Å². The van der Waals surface area contributed by atoms with Crippen LogP contribution in [0.2, 0.25) is 0 Å². The van der Waals surface area contributed by atoms with E-state index in [1.54, 1.807) is 13.8 Å². The molecule has 0 atom stereocenters. The highest BCUT2D eigenvalue weighted by atomic mass is 16.3. The Kier molecular flexibility index (Phi) is 3.71. The lowest BCUT2D eigenvalue weighted by atomic mass is 10.1. The van der Waals surface area contributed by atoms with Crippen LogP contribution in [0.15, 0.2) is 24.3 Å². The average molecular weight is 259 g/mol. The quantitative estimate of drug-likeness (QED) is 0.916. The van der Waals surface area contributed by atoms with Crippen molar-refractivity contribution >= 4 is 16.6 Å². The van der Waals surface area contributed by atoms with E-state index < -0.39 is 5.60 Å². The Balaban J connectivity index is 2.52. The fraction of sp³-hybridized carbons (Fsp3) is 0.467. The second-order valence-corrected chi connectivity index (χ2v) is 5.48. The number of aliphatic hydroxyl groups is 1. The molecule has 0 spiro atoms. The lowest BCUT2D eigenvalue weighted by molar-refractivity contribution is 0.0874. The van der Waals surface area contributed by atoms with Crippen molar-refractivity contribution in [3.63, 3.8) is 0 Å². The van der Waals surface area contributed by atoms with Gasteiger partial charge in [-0.2, -0.15) is 5.10 Å². The number of aryl methyl sites for hydroxylation is 1. The van der Waals surface area contributed by atoms with Crippen molar-refractivity contribution in [3.8, 4) is 0 Å². The van der Waals surface area contributed by atoms with Gasteiger partial charge in [-0.25, -0.2) is 0 Å². The lowest BCUT2D eigenvalue weighted by Crippen LogP contribution is -2.39. The molecule has 1 aromatic carbocycles. The molecule has 1 heterocycles. The summed E-state index contributed by atoms with van der Waals surface area (Å²) in [4.78, 5) is 2.06. The maximum atomic E-state index is 10.0. The van der Waals surface area contributed by atoms with Gasteiger partial charge in [-0.3, -0.25) is 0 Å². The second kappa shape index (κ2) is 5.13. The summed E-state index contributed by atoms with van der Waals surface area (Å²) in [6, 6.07) is 8.12. The monoisotopic (exact) mass is 259 g/mol. The van der Waals surface area contributed by atoms with Crippen molar-refractivity contribution < 1.29 is 5.11 Å². The van der Waals surface area contributed by atoms with Gasteiger partial charge in [0.1, 0.15) is 0 Å². The van der Waals surface area contributed by atoms with E-state index in [-0.39, 0.29) is 0 Å². The zero-order valence-electron chi connectivity index (χ0n) is 12.0. The van der Waals surface area contributed by atoms with Gasteiger partial charge in [0, 0.05) is 23.9 Å². The van der Waals surface area contributed by atoms with E-state index in [4.69, 9.17) is 0 Å². The van der Waals surface area contributed by atoms with Crippen LogP contribution in [-0.4, -0.2) is 34.0 Å². The van der Waals surface area contributed by atoms with Gasteiger partial charge in [-0.1, -0.05) is 24.3 Å². The number of anilines is 1. The third-order valence-electron chi connectivity index (χ3n) is 3.11. The molecule has 0 bridgehead atoms. The molecule has 0 aliphatic heterocycles. The van der Waals surface area contributed by atoms with Gasteiger partial charge in [0.25, 0.3) is 0 Å². The normalized spacial score (nSPS) is 11.8. The maximum Gasteiger partial charge on any atom is 0.159 e. The molecule has 4 nitrogen and oxygen atoms in total. The van der Waals surface area contributed by atoms with E-state index in [9.17, 15) is 5.11 Å². The van der Waals surface area contributed by atoms with Crippen molar-refractivity contribution in [2.75, 3.05) is 18.0 Å². The summed E-state index contributed by atoms with van der Waals surface area (Å²) in [5, 5.41) is 20.8.